The molecule has 4 heteroatoms. The van der Waals surface area contributed by atoms with Crippen molar-refractivity contribution < 1.29 is 9.18 Å². The molecule has 0 spiro atoms. The van der Waals surface area contributed by atoms with Gasteiger partial charge in [-0.1, -0.05) is 22.6 Å². The van der Waals surface area contributed by atoms with Crippen molar-refractivity contribution in [3.8, 4) is 0 Å². The summed E-state index contributed by atoms with van der Waals surface area (Å²) in [5, 5.41) is 2.83. The molecule has 0 aromatic heterocycles. The molecule has 0 aliphatic heterocycles. The second kappa shape index (κ2) is 6.83. The van der Waals surface area contributed by atoms with E-state index < -0.39 is 0 Å². The van der Waals surface area contributed by atoms with Gasteiger partial charge < -0.3 is 5.32 Å². The summed E-state index contributed by atoms with van der Waals surface area (Å²) in [7, 11) is 0. The summed E-state index contributed by atoms with van der Waals surface area (Å²) in [6.07, 6.45) is 2.08. The summed E-state index contributed by atoms with van der Waals surface area (Å²) in [4.78, 5) is 11.7. The van der Waals surface area contributed by atoms with Crippen LogP contribution in [0.15, 0.2) is 18.2 Å². The third-order valence-electron chi connectivity index (χ3n) is 2.28. The number of rotatable bonds is 5. The van der Waals surface area contributed by atoms with Crippen molar-refractivity contribution in [3.05, 3.63) is 35.1 Å². The van der Waals surface area contributed by atoms with Crippen LogP contribution in [0, 0.1) is 12.7 Å². The summed E-state index contributed by atoms with van der Waals surface area (Å²) in [6, 6.07) is 4.21. The lowest BCUT2D eigenvalue weighted by Gasteiger charge is -2.07. The van der Waals surface area contributed by atoms with E-state index in [2.05, 4.69) is 27.9 Å². The van der Waals surface area contributed by atoms with Crippen molar-refractivity contribution in [3.63, 3.8) is 0 Å². The number of alkyl halides is 1. The summed E-state index contributed by atoms with van der Waals surface area (Å²) in [6.45, 7) is 2.42. The van der Waals surface area contributed by atoms with Crippen LogP contribution in [0.3, 0.4) is 0 Å². The molecule has 88 valence electrons. The lowest BCUT2D eigenvalue weighted by molar-refractivity contribution is 0.0952. The van der Waals surface area contributed by atoms with Crippen LogP contribution in [-0.4, -0.2) is 16.9 Å². The monoisotopic (exact) mass is 335 g/mol. The molecule has 1 aromatic carbocycles. The van der Waals surface area contributed by atoms with Gasteiger partial charge in [-0.2, -0.15) is 0 Å². The van der Waals surface area contributed by atoms with Crippen LogP contribution in [0.25, 0.3) is 0 Å². The van der Waals surface area contributed by atoms with Gasteiger partial charge in [0.15, 0.2) is 0 Å². The zero-order valence-electron chi connectivity index (χ0n) is 9.22. The second-order valence-corrected chi connectivity index (χ2v) is 4.69. The standard InChI is InChI=1S/C12H15FINO/c1-9-8-10(13)4-5-11(9)12(16)15-7-3-2-6-14/h4-5,8H,2-3,6-7H2,1H3,(H,15,16). The number of hydrogen-bond acceptors (Lipinski definition) is 1. The van der Waals surface area contributed by atoms with E-state index in [-0.39, 0.29) is 11.7 Å². The average molecular weight is 335 g/mol. The van der Waals surface area contributed by atoms with Crippen LogP contribution in [-0.2, 0) is 0 Å². The fourth-order valence-corrected chi connectivity index (χ4v) is 1.94. The summed E-state index contributed by atoms with van der Waals surface area (Å²) in [5.41, 5.74) is 1.22. The first kappa shape index (κ1) is 13.4. The van der Waals surface area contributed by atoms with Crippen molar-refractivity contribution in [2.45, 2.75) is 19.8 Å². The molecule has 0 saturated carbocycles. The molecule has 0 saturated heterocycles. The molecule has 0 unspecified atom stereocenters. The van der Waals surface area contributed by atoms with E-state index in [1.807, 2.05) is 0 Å². The molecule has 1 N–H and O–H groups in total. The molecular weight excluding hydrogens is 320 g/mol. The highest BCUT2D eigenvalue weighted by Crippen LogP contribution is 2.09. The molecular formula is C12H15FINO. The minimum atomic E-state index is -0.307. The Labute approximate surface area is 109 Å². The zero-order chi connectivity index (χ0) is 12.0. The quantitative estimate of drug-likeness (QED) is 0.500. The van der Waals surface area contributed by atoms with Gasteiger partial charge in [0.1, 0.15) is 5.82 Å². The van der Waals surface area contributed by atoms with Gasteiger partial charge in [-0.25, -0.2) is 4.39 Å². The molecule has 0 heterocycles. The number of unbranched alkanes of at least 4 members (excludes halogenated alkanes) is 1. The molecule has 1 rings (SSSR count). The van der Waals surface area contributed by atoms with E-state index >= 15 is 0 Å². The number of halogens is 2. The fraction of sp³-hybridized carbons (Fsp3) is 0.417. The first-order chi connectivity index (χ1) is 7.65. The number of hydrogen-bond donors (Lipinski definition) is 1. The third kappa shape index (κ3) is 4.08. The largest absolute Gasteiger partial charge is 0.352 e. The van der Waals surface area contributed by atoms with Gasteiger partial charge in [-0.15, -0.1) is 0 Å². The number of carbonyl (C=O) groups is 1. The molecule has 0 aliphatic carbocycles. The molecule has 0 fully saturated rings. The summed E-state index contributed by atoms with van der Waals surface area (Å²) >= 11 is 2.31. The molecule has 0 aliphatic rings. The van der Waals surface area contributed by atoms with Crippen molar-refractivity contribution in [1.82, 2.24) is 5.32 Å². The van der Waals surface area contributed by atoms with E-state index in [1.54, 1.807) is 6.92 Å². The topological polar surface area (TPSA) is 29.1 Å². The Balaban J connectivity index is 2.53. The van der Waals surface area contributed by atoms with Crippen LogP contribution in [0.4, 0.5) is 4.39 Å². The number of benzene rings is 1. The van der Waals surface area contributed by atoms with Gasteiger partial charge in [0.05, 0.1) is 0 Å². The van der Waals surface area contributed by atoms with E-state index in [9.17, 15) is 9.18 Å². The maximum Gasteiger partial charge on any atom is 0.251 e. The first-order valence-corrected chi connectivity index (χ1v) is 6.78. The van der Waals surface area contributed by atoms with Crippen LogP contribution < -0.4 is 5.32 Å². The van der Waals surface area contributed by atoms with Crippen LogP contribution in [0.5, 0.6) is 0 Å². The SMILES string of the molecule is Cc1cc(F)ccc1C(=O)NCCCCI. The molecule has 1 amide bonds. The predicted octanol–water partition coefficient (Wildman–Crippen LogP) is 3.08. The average Bonchev–Trinajstić information content (AvgIpc) is 2.24. The fourth-order valence-electron chi connectivity index (χ4n) is 1.40. The molecule has 0 bridgehead atoms. The lowest BCUT2D eigenvalue weighted by Crippen LogP contribution is -2.25. The Morgan fingerprint density at radius 1 is 1.44 bits per heavy atom. The third-order valence-corrected chi connectivity index (χ3v) is 3.04. The number of aryl methyl sites for hydroxylation is 1. The minimum absolute atomic E-state index is 0.119. The normalized spacial score (nSPS) is 10.2. The van der Waals surface area contributed by atoms with E-state index in [0.717, 1.165) is 17.3 Å². The molecule has 2 nitrogen and oxygen atoms in total. The smallest absolute Gasteiger partial charge is 0.251 e. The zero-order valence-corrected chi connectivity index (χ0v) is 11.4. The Hall–Kier alpha value is -0.650. The Morgan fingerprint density at radius 2 is 2.19 bits per heavy atom. The molecule has 0 atom stereocenters. The second-order valence-electron chi connectivity index (χ2n) is 3.61. The van der Waals surface area contributed by atoms with E-state index in [1.165, 1.54) is 18.2 Å². The first-order valence-electron chi connectivity index (χ1n) is 5.25. The Bertz CT molecular complexity index is 368. The van der Waals surface area contributed by atoms with Crippen molar-refractivity contribution >= 4 is 28.5 Å². The van der Waals surface area contributed by atoms with Gasteiger partial charge in [-0.05, 0) is 48.0 Å². The highest BCUT2D eigenvalue weighted by molar-refractivity contribution is 14.1. The summed E-state index contributed by atoms with van der Waals surface area (Å²) < 4.78 is 13.9. The van der Waals surface area contributed by atoms with E-state index in [4.69, 9.17) is 0 Å². The van der Waals surface area contributed by atoms with Crippen LogP contribution in [0.2, 0.25) is 0 Å². The number of nitrogens with one attached hydrogen (secondary N) is 1. The Kier molecular flexibility index (Phi) is 5.73. The Morgan fingerprint density at radius 3 is 2.81 bits per heavy atom. The van der Waals surface area contributed by atoms with Gasteiger partial charge in [0, 0.05) is 12.1 Å². The highest BCUT2D eigenvalue weighted by atomic mass is 127. The van der Waals surface area contributed by atoms with Crippen molar-refractivity contribution in [1.29, 1.82) is 0 Å². The van der Waals surface area contributed by atoms with Gasteiger partial charge >= 0.3 is 0 Å². The maximum atomic E-state index is 12.8. The number of carbonyl (C=O) groups excluding carboxylic acids is 1. The van der Waals surface area contributed by atoms with Gasteiger partial charge in [0.2, 0.25) is 0 Å². The van der Waals surface area contributed by atoms with Crippen LogP contribution in [0.1, 0.15) is 28.8 Å². The highest BCUT2D eigenvalue weighted by Gasteiger charge is 2.08. The minimum Gasteiger partial charge on any atom is -0.352 e. The number of amides is 1. The summed E-state index contributed by atoms with van der Waals surface area (Å²) in [5.74, 6) is -0.426. The van der Waals surface area contributed by atoms with Crippen LogP contribution >= 0.6 is 22.6 Å². The molecule has 1 aromatic rings. The van der Waals surface area contributed by atoms with Gasteiger partial charge in [0.25, 0.3) is 5.91 Å². The van der Waals surface area contributed by atoms with Crippen molar-refractivity contribution in [2.24, 2.45) is 0 Å². The maximum absolute atomic E-state index is 12.8. The van der Waals surface area contributed by atoms with Gasteiger partial charge in [-0.3, -0.25) is 4.79 Å². The molecule has 16 heavy (non-hydrogen) atoms. The lowest BCUT2D eigenvalue weighted by atomic mass is 10.1. The molecule has 0 radical (unpaired) electrons. The predicted molar refractivity (Wildman–Crippen MR) is 71.6 cm³/mol. The van der Waals surface area contributed by atoms with Crippen molar-refractivity contribution in [2.75, 3.05) is 11.0 Å². The van der Waals surface area contributed by atoms with E-state index in [0.29, 0.717) is 17.7 Å².